The molecule has 1 N–H and O–H groups in total. The van der Waals surface area contributed by atoms with Gasteiger partial charge in [0, 0.05) is 11.6 Å². The monoisotopic (exact) mass is 417 g/mol. The van der Waals surface area contributed by atoms with Gasteiger partial charge >= 0.3 is 0 Å². The van der Waals surface area contributed by atoms with Crippen molar-refractivity contribution in [3.8, 4) is 0 Å². The summed E-state index contributed by atoms with van der Waals surface area (Å²) in [4.78, 5) is 12.6. The Morgan fingerprint density at radius 1 is 1.00 bits per heavy atom. The second-order valence-corrected chi connectivity index (χ2v) is 8.63. The van der Waals surface area contributed by atoms with Crippen molar-refractivity contribution in [1.82, 2.24) is 5.32 Å². The molecule has 0 saturated carbocycles. The molecule has 5 nitrogen and oxygen atoms in total. The fraction of sp³-hybridized carbons (Fsp3) is 0.190. The lowest BCUT2D eigenvalue weighted by molar-refractivity contribution is 0.0921. The van der Waals surface area contributed by atoms with Crippen LogP contribution in [0.3, 0.4) is 0 Å². The molecule has 0 fully saturated rings. The van der Waals surface area contributed by atoms with E-state index in [0.717, 1.165) is 11.1 Å². The number of furan rings is 1. The summed E-state index contributed by atoms with van der Waals surface area (Å²) in [6.07, 6.45) is 0.614. The van der Waals surface area contributed by atoms with E-state index in [1.165, 1.54) is 12.1 Å². The van der Waals surface area contributed by atoms with Crippen molar-refractivity contribution in [3.05, 3.63) is 88.3 Å². The predicted molar refractivity (Wildman–Crippen MR) is 108 cm³/mol. The molecule has 146 valence electrons. The first kappa shape index (κ1) is 20.2. The smallest absolute Gasteiger partial charge is 0.287 e. The van der Waals surface area contributed by atoms with Crippen LogP contribution in [-0.2, 0) is 28.6 Å². The van der Waals surface area contributed by atoms with Crippen molar-refractivity contribution in [1.29, 1.82) is 0 Å². The van der Waals surface area contributed by atoms with Crippen LogP contribution in [0.15, 0.2) is 70.0 Å². The van der Waals surface area contributed by atoms with E-state index in [0.29, 0.717) is 16.3 Å². The fourth-order valence-corrected chi connectivity index (χ4v) is 4.63. The van der Waals surface area contributed by atoms with Gasteiger partial charge in [0.1, 0.15) is 11.5 Å². The van der Waals surface area contributed by atoms with Gasteiger partial charge in [-0.25, -0.2) is 8.42 Å². The van der Waals surface area contributed by atoms with Crippen LogP contribution in [0.25, 0.3) is 0 Å². The molecule has 0 spiro atoms. The molecule has 0 saturated heterocycles. The van der Waals surface area contributed by atoms with Gasteiger partial charge in [0.25, 0.3) is 5.91 Å². The van der Waals surface area contributed by atoms with E-state index >= 15 is 0 Å². The number of aryl methyl sites for hydroxylation is 1. The van der Waals surface area contributed by atoms with Gasteiger partial charge in [-0.05, 0) is 41.8 Å². The van der Waals surface area contributed by atoms with Crippen LogP contribution in [0.2, 0.25) is 5.02 Å². The van der Waals surface area contributed by atoms with Crippen molar-refractivity contribution in [3.63, 3.8) is 0 Å². The molecule has 0 unspecified atom stereocenters. The van der Waals surface area contributed by atoms with E-state index in [-0.39, 0.29) is 23.8 Å². The molecule has 0 aliphatic carbocycles. The van der Waals surface area contributed by atoms with Crippen molar-refractivity contribution >= 4 is 27.3 Å². The summed E-state index contributed by atoms with van der Waals surface area (Å²) in [5.41, 5.74) is 1.54. The summed E-state index contributed by atoms with van der Waals surface area (Å²) in [7, 11) is -3.57. The van der Waals surface area contributed by atoms with Gasteiger partial charge in [-0.15, -0.1) is 0 Å². The number of carbonyl (C=O) groups excluding carboxylic acids is 1. The molecule has 3 aromatic rings. The first-order chi connectivity index (χ1) is 13.4. The van der Waals surface area contributed by atoms with Crippen molar-refractivity contribution in [2.24, 2.45) is 0 Å². The predicted octanol–water partition coefficient (Wildman–Crippen LogP) is 4.40. The van der Waals surface area contributed by atoms with Crippen LogP contribution in [0.1, 0.15) is 34.4 Å². The Bertz CT molecular complexity index is 1090. The number of sulfone groups is 1. The highest BCUT2D eigenvalue weighted by Crippen LogP contribution is 2.22. The number of rotatable bonds is 7. The Hall–Kier alpha value is -2.57. The third-order valence-corrected chi connectivity index (χ3v) is 6.41. The van der Waals surface area contributed by atoms with E-state index in [2.05, 4.69) is 5.32 Å². The lowest BCUT2D eigenvalue weighted by Crippen LogP contribution is -2.22. The summed E-state index contributed by atoms with van der Waals surface area (Å²) >= 11 is 6.07. The normalized spacial score (nSPS) is 11.4. The number of benzene rings is 2. The molecule has 0 aliphatic rings. The van der Waals surface area contributed by atoms with Crippen LogP contribution in [0, 0.1) is 0 Å². The quantitative estimate of drug-likeness (QED) is 0.618. The maximum atomic E-state index is 12.7. The number of nitrogens with one attached hydrogen (secondary N) is 1. The maximum absolute atomic E-state index is 12.7. The first-order valence-corrected chi connectivity index (χ1v) is 10.8. The van der Waals surface area contributed by atoms with E-state index < -0.39 is 15.7 Å². The van der Waals surface area contributed by atoms with Gasteiger partial charge in [0.05, 0.1) is 4.90 Å². The molecule has 2 aromatic carbocycles. The molecule has 28 heavy (non-hydrogen) atoms. The zero-order valence-corrected chi connectivity index (χ0v) is 16.9. The summed E-state index contributed by atoms with van der Waals surface area (Å²) in [6, 6.07) is 17.1. The minimum absolute atomic E-state index is 0.0565. The van der Waals surface area contributed by atoms with Gasteiger partial charge in [0.2, 0.25) is 0 Å². The van der Waals surface area contributed by atoms with Gasteiger partial charge in [0.15, 0.2) is 15.6 Å². The van der Waals surface area contributed by atoms with Crippen molar-refractivity contribution < 1.29 is 17.6 Å². The number of halogens is 1. The third kappa shape index (κ3) is 4.64. The van der Waals surface area contributed by atoms with Crippen LogP contribution in [0.4, 0.5) is 0 Å². The van der Waals surface area contributed by atoms with Crippen molar-refractivity contribution in [2.75, 3.05) is 0 Å². The van der Waals surface area contributed by atoms with E-state index in [9.17, 15) is 13.2 Å². The molecule has 0 bridgehead atoms. The van der Waals surface area contributed by atoms with Gasteiger partial charge in [-0.3, -0.25) is 4.79 Å². The highest BCUT2D eigenvalue weighted by molar-refractivity contribution is 7.90. The van der Waals surface area contributed by atoms with Crippen LogP contribution in [0.5, 0.6) is 0 Å². The zero-order chi connectivity index (χ0) is 20.1. The lowest BCUT2D eigenvalue weighted by Gasteiger charge is -2.08. The Kier molecular flexibility index (Phi) is 6.21. The van der Waals surface area contributed by atoms with Gasteiger partial charge < -0.3 is 9.73 Å². The summed E-state index contributed by atoms with van der Waals surface area (Å²) < 4.78 is 30.9. The second-order valence-electron chi connectivity index (χ2n) is 6.26. The molecule has 3 rings (SSSR count). The number of amides is 1. The topological polar surface area (TPSA) is 76.4 Å². The Morgan fingerprint density at radius 2 is 1.68 bits per heavy atom. The minimum atomic E-state index is -3.57. The zero-order valence-electron chi connectivity index (χ0n) is 15.3. The first-order valence-electron chi connectivity index (χ1n) is 8.81. The number of carbonyl (C=O) groups is 1. The lowest BCUT2D eigenvalue weighted by atomic mass is 10.2. The molecule has 0 atom stereocenters. The molecule has 1 amide bonds. The second kappa shape index (κ2) is 8.63. The molecule has 1 aromatic heterocycles. The molecule has 7 heteroatoms. The summed E-state index contributed by atoms with van der Waals surface area (Å²) in [5, 5.41) is 3.27. The van der Waals surface area contributed by atoms with Gasteiger partial charge in [-0.2, -0.15) is 0 Å². The van der Waals surface area contributed by atoms with E-state index in [4.69, 9.17) is 16.0 Å². The largest absolute Gasteiger partial charge is 0.455 e. The Morgan fingerprint density at radius 3 is 2.39 bits per heavy atom. The minimum Gasteiger partial charge on any atom is -0.455 e. The van der Waals surface area contributed by atoms with Crippen LogP contribution >= 0.6 is 11.6 Å². The SMILES string of the molecule is CCc1ccccc1S(=O)(=O)Cc1ccc(C(=O)NCc2ccccc2Cl)o1. The highest BCUT2D eigenvalue weighted by atomic mass is 35.5. The fourth-order valence-electron chi connectivity index (χ4n) is 2.85. The number of hydrogen-bond acceptors (Lipinski definition) is 4. The highest BCUT2D eigenvalue weighted by Gasteiger charge is 2.21. The third-order valence-electron chi connectivity index (χ3n) is 4.30. The summed E-state index contributed by atoms with van der Waals surface area (Å²) in [6.45, 7) is 2.15. The average molecular weight is 418 g/mol. The van der Waals surface area contributed by atoms with Gasteiger partial charge in [-0.1, -0.05) is 54.9 Å². The molecular weight excluding hydrogens is 398 g/mol. The Balaban J connectivity index is 1.70. The molecule has 0 radical (unpaired) electrons. The van der Waals surface area contributed by atoms with E-state index in [1.807, 2.05) is 31.2 Å². The molecular formula is C21H20ClNO4S. The standard InChI is InChI=1S/C21H20ClNO4S/c1-2-15-7-4-6-10-20(15)28(25,26)14-17-11-12-19(27-17)21(24)23-13-16-8-3-5-9-18(16)22/h3-12H,2,13-14H2,1H3,(H,23,24). The van der Waals surface area contributed by atoms with Crippen LogP contribution in [-0.4, -0.2) is 14.3 Å². The average Bonchev–Trinajstić information content (AvgIpc) is 3.15. The van der Waals surface area contributed by atoms with E-state index in [1.54, 1.807) is 24.3 Å². The Labute approximate surface area is 169 Å². The summed E-state index contributed by atoms with van der Waals surface area (Å²) in [5.74, 6) is -0.464. The maximum Gasteiger partial charge on any atom is 0.287 e. The van der Waals surface area contributed by atoms with Crippen LogP contribution < -0.4 is 5.32 Å². The molecule has 1 heterocycles. The van der Waals surface area contributed by atoms with Crippen molar-refractivity contribution in [2.45, 2.75) is 30.5 Å². The molecule has 0 aliphatic heterocycles. The number of hydrogen-bond donors (Lipinski definition) is 1.